The topological polar surface area (TPSA) is 62.7 Å². The zero-order valence-corrected chi connectivity index (χ0v) is 17.3. The highest BCUT2D eigenvalue weighted by molar-refractivity contribution is 6.27. The molecule has 3 aliphatic carbocycles. The van der Waals surface area contributed by atoms with Gasteiger partial charge in [-0.25, -0.2) is 0 Å². The van der Waals surface area contributed by atoms with Crippen molar-refractivity contribution in [2.45, 2.75) is 97.7 Å². The average molecular weight is 361 g/mol. The lowest BCUT2D eigenvalue weighted by molar-refractivity contribution is -0.147. The van der Waals surface area contributed by atoms with Gasteiger partial charge >= 0.3 is 6.21 Å². The summed E-state index contributed by atoms with van der Waals surface area (Å²) in [6, 6.07) is 0. The first-order valence-electron chi connectivity index (χ1n) is 10.5. The monoisotopic (exact) mass is 360 g/mol. The lowest BCUT2D eigenvalue weighted by Crippen LogP contribution is -2.52. The number of Topliss-reactive ketones (excluding diaryl/α,β-unsaturated/α-hetero) is 1. The molecule has 3 rings (SSSR count). The van der Waals surface area contributed by atoms with Gasteiger partial charge in [-0.1, -0.05) is 13.8 Å². The number of ether oxygens (including phenoxy) is 1. The molecule has 6 atom stereocenters. The fourth-order valence-corrected chi connectivity index (χ4v) is 6.47. The SMILES string of the molecule is CC(C)(C)O[C@@H]1CC[C@]2(C)C3CC[C@](C)(C(=O)C=[N+]=[N-])CC3CC[C@H]2C1. The highest BCUT2D eigenvalue weighted by atomic mass is 16.5. The van der Waals surface area contributed by atoms with E-state index in [1.54, 1.807) is 0 Å². The predicted molar refractivity (Wildman–Crippen MR) is 103 cm³/mol. The van der Waals surface area contributed by atoms with Crippen LogP contribution in [0.1, 0.15) is 86.0 Å². The number of hydrogen-bond donors (Lipinski definition) is 0. The molecule has 0 N–H and O–H groups in total. The molecule has 4 nitrogen and oxygen atoms in total. The standard InChI is InChI=1S/C22H36N2O2/c1-20(2,3)26-17-8-11-22(5)16(12-17)7-6-15-13-21(4,10-9-18(15)22)19(25)14-24-23/h14-18H,6-13H2,1-5H3/t15?,16-,17+,18?,21-,22-/m0/s1. The molecule has 0 aromatic carbocycles. The molecule has 3 aliphatic rings. The van der Waals surface area contributed by atoms with E-state index in [0.29, 0.717) is 17.4 Å². The molecule has 0 saturated heterocycles. The third-order valence-electron chi connectivity index (χ3n) is 7.80. The van der Waals surface area contributed by atoms with Crippen molar-refractivity contribution < 1.29 is 14.3 Å². The molecule has 0 amide bonds. The third kappa shape index (κ3) is 3.68. The summed E-state index contributed by atoms with van der Waals surface area (Å²) in [5.74, 6) is 2.10. The maximum Gasteiger partial charge on any atom is 0.323 e. The largest absolute Gasteiger partial charge is 0.373 e. The van der Waals surface area contributed by atoms with Gasteiger partial charge in [0.15, 0.2) is 0 Å². The first-order valence-corrected chi connectivity index (χ1v) is 10.5. The van der Waals surface area contributed by atoms with Gasteiger partial charge in [-0.3, -0.25) is 4.79 Å². The summed E-state index contributed by atoms with van der Waals surface area (Å²) in [4.78, 5) is 15.4. The van der Waals surface area contributed by atoms with Gasteiger partial charge in [0.2, 0.25) is 5.78 Å². The van der Waals surface area contributed by atoms with Crippen LogP contribution in [0.15, 0.2) is 0 Å². The molecule has 4 heteroatoms. The third-order valence-corrected chi connectivity index (χ3v) is 7.80. The summed E-state index contributed by atoms with van der Waals surface area (Å²) in [6.07, 6.45) is 10.6. The molecule has 3 saturated carbocycles. The van der Waals surface area contributed by atoms with Crippen molar-refractivity contribution in [1.29, 1.82) is 0 Å². The van der Waals surface area contributed by atoms with E-state index in [1.165, 1.54) is 32.1 Å². The van der Waals surface area contributed by atoms with Crippen LogP contribution in [-0.4, -0.2) is 28.5 Å². The number of fused-ring (bicyclic) bond motifs is 3. The first kappa shape index (κ1) is 19.8. The molecule has 146 valence electrons. The zero-order valence-electron chi connectivity index (χ0n) is 17.3. The van der Waals surface area contributed by atoms with Crippen LogP contribution in [0.3, 0.4) is 0 Å². The fourth-order valence-electron chi connectivity index (χ4n) is 6.47. The van der Waals surface area contributed by atoms with Gasteiger partial charge < -0.3 is 10.3 Å². The van der Waals surface area contributed by atoms with Crippen LogP contribution in [0.5, 0.6) is 0 Å². The quantitative estimate of drug-likeness (QED) is 0.401. The Bertz CT molecular complexity index is 604. The van der Waals surface area contributed by atoms with E-state index in [2.05, 4.69) is 39.4 Å². The van der Waals surface area contributed by atoms with Crippen molar-refractivity contribution in [2.75, 3.05) is 0 Å². The number of carbonyl (C=O) groups excluding carboxylic acids is 1. The van der Waals surface area contributed by atoms with E-state index in [4.69, 9.17) is 10.3 Å². The summed E-state index contributed by atoms with van der Waals surface area (Å²) >= 11 is 0. The molecule has 0 aliphatic heterocycles. The molecule has 3 fully saturated rings. The van der Waals surface area contributed by atoms with Gasteiger partial charge in [-0.05, 0) is 95.3 Å². The van der Waals surface area contributed by atoms with Gasteiger partial charge in [-0.2, -0.15) is 4.79 Å². The predicted octanol–water partition coefficient (Wildman–Crippen LogP) is 5.06. The van der Waals surface area contributed by atoms with Crippen molar-refractivity contribution >= 4 is 12.0 Å². The first-order chi connectivity index (χ1) is 12.1. The number of ketones is 1. The number of nitrogens with zero attached hydrogens (tertiary/aromatic N) is 2. The summed E-state index contributed by atoms with van der Waals surface area (Å²) in [5, 5.41) is 0. The molecule has 2 unspecified atom stereocenters. The second-order valence-electron chi connectivity index (χ2n) is 10.7. The van der Waals surface area contributed by atoms with Gasteiger partial charge in [-0.15, -0.1) is 0 Å². The minimum absolute atomic E-state index is 0.00647. The molecule has 0 heterocycles. The number of carbonyl (C=O) groups is 1. The Hall–Kier alpha value is -0.990. The fraction of sp³-hybridized carbons (Fsp3) is 0.909. The van der Waals surface area contributed by atoms with Crippen LogP contribution in [0.25, 0.3) is 5.53 Å². The summed E-state index contributed by atoms with van der Waals surface area (Å²) < 4.78 is 6.32. The number of rotatable bonds is 3. The van der Waals surface area contributed by atoms with Crippen LogP contribution in [0, 0.1) is 28.6 Å². The highest BCUT2D eigenvalue weighted by Gasteiger charge is 2.55. The zero-order chi connectivity index (χ0) is 19.2. The maximum atomic E-state index is 12.4. The molecule has 0 bridgehead atoms. The normalized spacial score (nSPS) is 43.0. The Balaban J connectivity index is 1.71. The van der Waals surface area contributed by atoms with E-state index >= 15 is 0 Å². The molecular formula is C22H36N2O2. The van der Waals surface area contributed by atoms with E-state index in [-0.39, 0.29) is 16.8 Å². The van der Waals surface area contributed by atoms with Crippen LogP contribution < -0.4 is 0 Å². The van der Waals surface area contributed by atoms with E-state index < -0.39 is 0 Å². The Morgan fingerprint density at radius 1 is 1.15 bits per heavy atom. The van der Waals surface area contributed by atoms with Crippen LogP contribution in [0.2, 0.25) is 0 Å². The van der Waals surface area contributed by atoms with Crippen molar-refractivity contribution in [3.8, 4) is 0 Å². The minimum atomic E-state index is -0.344. The second kappa shape index (κ2) is 6.87. The van der Waals surface area contributed by atoms with Gasteiger partial charge in [0.1, 0.15) is 0 Å². The van der Waals surface area contributed by atoms with Crippen molar-refractivity contribution in [2.24, 2.45) is 28.6 Å². The van der Waals surface area contributed by atoms with Gasteiger partial charge in [0.05, 0.1) is 11.7 Å². The smallest absolute Gasteiger partial charge is 0.323 e. The van der Waals surface area contributed by atoms with Crippen molar-refractivity contribution in [3.05, 3.63) is 5.53 Å². The molecule has 0 aromatic rings. The van der Waals surface area contributed by atoms with E-state index in [0.717, 1.165) is 37.3 Å². The maximum absolute atomic E-state index is 12.4. The van der Waals surface area contributed by atoms with Crippen LogP contribution >= 0.6 is 0 Å². The van der Waals surface area contributed by atoms with E-state index in [9.17, 15) is 4.79 Å². The van der Waals surface area contributed by atoms with Crippen LogP contribution in [0.4, 0.5) is 0 Å². The minimum Gasteiger partial charge on any atom is -0.373 e. The Kier molecular flexibility index (Phi) is 5.22. The van der Waals surface area contributed by atoms with Crippen LogP contribution in [-0.2, 0) is 9.53 Å². The molecule has 0 spiro atoms. The van der Waals surface area contributed by atoms with Gasteiger partial charge in [0, 0.05) is 5.41 Å². The number of hydrogen-bond acceptors (Lipinski definition) is 2. The summed E-state index contributed by atoms with van der Waals surface area (Å²) in [5.41, 5.74) is 8.75. The Morgan fingerprint density at radius 2 is 1.88 bits per heavy atom. The molecular weight excluding hydrogens is 324 g/mol. The Morgan fingerprint density at radius 3 is 2.54 bits per heavy atom. The van der Waals surface area contributed by atoms with Gasteiger partial charge in [0.25, 0.3) is 0 Å². The van der Waals surface area contributed by atoms with Crippen molar-refractivity contribution in [3.63, 3.8) is 0 Å². The molecule has 0 aromatic heterocycles. The molecule has 26 heavy (non-hydrogen) atoms. The van der Waals surface area contributed by atoms with E-state index in [1.807, 2.05) is 0 Å². The lowest BCUT2D eigenvalue weighted by Gasteiger charge is -2.58. The lowest BCUT2D eigenvalue weighted by atomic mass is 9.47. The highest BCUT2D eigenvalue weighted by Crippen LogP contribution is 2.61. The molecule has 0 radical (unpaired) electrons. The Labute approximate surface area is 158 Å². The summed E-state index contributed by atoms with van der Waals surface area (Å²) in [6.45, 7) is 11.1. The second-order valence-corrected chi connectivity index (χ2v) is 10.7. The summed E-state index contributed by atoms with van der Waals surface area (Å²) in [7, 11) is 0. The average Bonchev–Trinajstić information content (AvgIpc) is 2.54. The van der Waals surface area contributed by atoms with Crippen molar-refractivity contribution in [1.82, 2.24) is 0 Å².